The molecule has 0 aliphatic rings. The highest BCUT2D eigenvalue weighted by Crippen LogP contribution is 2.01. The first-order chi connectivity index (χ1) is 8.15. The van der Waals surface area contributed by atoms with Gasteiger partial charge in [0.25, 0.3) is 0 Å². The third-order valence-electron chi connectivity index (χ3n) is 2.16. The molecule has 17 heavy (non-hydrogen) atoms. The van der Waals surface area contributed by atoms with Crippen LogP contribution < -0.4 is 0 Å². The van der Waals surface area contributed by atoms with E-state index in [4.69, 9.17) is 14.7 Å². The molecule has 0 aromatic carbocycles. The van der Waals surface area contributed by atoms with Gasteiger partial charge in [-0.25, -0.2) is 4.79 Å². The Labute approximate surface area is 103 Å². The molecule has 1 unspecified atom stereocenters. The van der Waals surface area contributed by atoms with E-state index < -0.39 is 5.97 Å². The van der Waals surface area contributed by atoms with Gasteiger partial charge in [0.1, 0.15) is 18.2 Å². The van der Waals surface area contributed by atoms with Crippen molar-refractivity contribution in [2.24, 2.45) is 0 Å². The first-order valence-electron chi connectivity index (χ1n) is 6.04. The molecule has 0 aromatic rings. The van der Waals surface area contributed by atoms with Crippen molar-refractivity contribution in [3.8, 4) is 6.07 Å². The molecule has 0 N–H and O–H groups in total. The normalized spacial score (nSPS) is 12.9. The number of ether oxygens (including phenoxy) is 2. The number of carbonyl (C=O) groups excluding carboxylic acids is 1. The predicted molar refractivity (Wildman–Crippen MR) is 65.3 cm³/mol. The van der Waals surface area contributed by atoms with Gasteiger partial charge in [-0.1, -0.05) is 26.3 Å². The second kappa shape index (κ2) is 9.86. The number of hydrogen-bond acceptors (Lipinski definition) is 4. The van der Waals surface area contributed by atoms with Crippen LogP contribution in [0.4, 0.5) is 0 Å². The van der Waals surface area contributed by atoms with Gasteiger partial charge in [-0.15, -0.1) is 0 Å². The lowest BCUT2D eigenvalue weighted by Gasteiger charge is -2.11. The second-order valence-electron chi connectivity index (χ2n) is 3.74. The average molecular weight is 239 g/mol. The molecule has 0 aliphatic heterocycles. The molecule has 0 rings (SSSR count). The third-order valence-corrected chi connectivity index (χ3v) is 2.16. The average Bonchev–Trinajstić information content (AvgIpc) is 2.31. The standard InChI is InChI=1S/C13H21NO3/c1-4-6-11(3)16-8-9-17-13(15)12(10-14)7-5-2/h7,11H,4-6,8-9H2,1-3H3. The van der Waals surface area contributed by atoms with E-state index in [9.17, 15) is 4.79 Å². The summed E-state index contributed by atoms with van der Waals surface area (Å²) in [5.41, 5.74) is 0.0640. The molecule has 0 aromatic heterocycles. The molecular weight excluding hydrogens is 218 g/mol. The maximum atomic E-state index is 11.4. The van der Waals surface area contributed by atoms with Gasteiger partial charge in [0, 0.05) is 0 Å². The summed E-state index contributed by atoms with van der Waals surface area (Å²) in [5, 5.41) is 8.69. The van der Waals surface area contributed by atoms with Crippen molar-refractivity contribution >= 4 is 5.97 Å². The lowest BCUT2D eigenvalue weighted by molar-refractivity contribution is -0.140. The van der Waals surface area contributed by atoms with Crippen LogP contribution in [0.5, 0.6) is 0 Å². The number of carbonyl (C=O) groups is 1. The Hall–Kier alpha value is -1.34. The minimum absolute atomic E-state index is 0.0640. The van der Waals surface area contributed by atoms with Crippen molar-refractivity contribution in [3.63, 3.8) is 0 Å². The third kappa shape index (κ3) is 7.53. The van der Waals surface area contributed by atoms with Gasteiger partial charge in [-0.2, -0.15) is 5.26 Å². The summed E-state index contributed by atoms with van der Waals surface area (Å²) in [7, 11) is 0. The van der Waals surface area contributed by atoms with Crippen LogP contribution in [0.1, 0.15) is 40.0 Å². The highest BCUT2D eigenvalue weighted by Gasteiger charge is 2.09. The molecule has 96 valence electrons. The lowest BCUT2D eigenvalue weighted by atomic mass is 10.2. The highest BCUT2D eigenvalue weighted by molar-refractivity contribution is 5.92. The predicted octanol–water partition coefficient (Wildman–Crippen LogP) is 2.59. The van der Waals surface area contributed by atoms with Crippen molar-refractivity contribution in [1.82, 2.24) is 0 Å². The van der Waals surface area contributed by atoms with Crippen LogP contribution in [0.15, 0.2) is 11.6 Å². The van der Waals surface area contributed by atoms with Crippen molar-refractivity contribution < 1.29 is 14.3 Å². The SMILES string of the molecule is CCC=C(C#N)C(=O)OCCOC(C)CCC. The molecule has 4 nitrogen and oxygen atoms in total. The van der Waals surface area contributed by atoms with Crippen LogP contribution in [0, 0.1) is 11.3 Å². The van der Waals surface area contributed by atoms with Crippen molar-refractivity contribution in [1.29, 1.82) is 5.26 Å². The molecule has 0 spiro atoms. The number of nitrogens with zero attached hydrogens (tertiary/aromatic N) is 1. The van der Waals surface area contributed by atoms with E-state index in [1.165, 1.54) is 0 Å². The van der Waals surface area contributed by atoms with Crippen LogP contribution >= 0.6 is 0 Å². The molecule has 0 bridgehead atoms. The number of esters is 1. The van der Waals surface area contributed by atoms with E-state index in [0.717, 1.165) is 12.8 Å². The number of nitriles is 1. The van der Waals surface area contributed by atoms with Gasteiger partial charge in [-0.05, 0) is 19.8 Å². The Kier molecular flexibility index (Phi) is 9.08. The van der Waals surface area contributed by atoms with E-state index in [2.05, 4.69) is 6.92 Å². The summed E-state index contributed by atoms with van der Waals surface area (Å²) in [6, 6.07) is 1.82. The summed E-state index contributed by atoms with van der Waals surface area (Å²) in [5.74, 6) is -0.568. The number of allylic oxidation sites excluding steroid dienone is 1. The van der Waals surface area contributed by atoms with E-state index in [1.54, 1.807) is 6.08 Å². The van der Waals surface area contributed by atoms with E-state index >= 15 is 0 Å². The molecule has 0 heterocycles. The van der Waals surface area contributed by atoms with Crippen LogP contribution in [0.25, 0.3) is 0 Å². The molecule has 4 heteroatoms. The summed E-state index contributed by atoms with van der Waals surface area (Å²) < 4.78 is 10.3. The van der Waals surface area contributed by atoms with Gasteiger partial charge in [-0.3, -0.25) is 0 Å². The van der Waals surface area contributed by atoms with Gasteiger partial charge in [0.05, 0.1) is 12.7 Å². The molecule has 0 saturated heterocycles. The van der Waals surface area contributed by atoms with Crippen molar-refractivity contribution in [3.05, 3.63) is 11.6 Å². The zero-order valence-electron chi connectivity index (χ0n) is 10.9. The topological polar surface area (TPSA) is 59.3 Å². The summed E-state index contributed by atoms with van der Waals surface area (Å²) in [6.45, 7) is 6.51. The van der Waals surface area contributed by atoms with Crippen LogP contribution in [-0.2, 0) is 14.3 Å². The Balaban J connectivity index is 3.79. The minimum Gasteiger partial charge on any atom is -0.459 e. The van der Waals surface area contributed by atoms with E-state index in [-0.39, 0.29) is 18.3 Å². The smallest absolute Gasteiger partial charge is 0.348 e. The molecule has 0 saturated carbocycles. The number of hydrogen-bond donors (Lipinski definition) is 0. The molecule has 0 amide bonds. The summed E-state index contributed by atoms with van der Waals surface area (Å²) in [6.07, 6.45) is 4.44. The first kappa shape index (κ1) is 15.7. The van der Waals surface area contributed by atoms with Crippen LogP contribution in [-0.4, -0.2) is 25.3 Å². The van der Waals surface area contributed by atoms with Gasteiger partial charge in [0.2, 0.25) is 0 Å². The highest BCUT2D eigenvalue weighted by atomic mass is 16.6. The fraction of sp³-hybridized carbons (Fsp3) is 0.692. The van der Waals surface area contributed by atoms with Crippen LogP contribution in [0.2, 0.25) is 0 Å². The van der Waals surface area contributed by atoms with E-state index in [1.807, 2.05) is 19.9 Å². The van der Waals surface area contributed by atoms with Gasteiger partial charge < -0.3 is 9.47 Å². The Bertz CT molecular complexity index is 292. The molecule has 0 fully saturated rings. The zero-order valence-corrected chi connectivity index (χ0v) is 10.9. The van der Waals surface area contributed by atoms with Gasteiger partial charge >= 0.3 is 5.97 Å². The lowest BCUT2D eigenvalue weighted by Crippen LogP contribution is -2.16. The quantitative estimate of drug-likeness (QED) is 0.283. The first-order valence-corrected chi connectivity index (χ1v) is 6.04. The maximum Gasteiger partial charge on any atom is 0.348 e. The fourth-order valence-electron chi connectivity index (χ4n) is 1.33. The minimum atomic E-state index is -0.568. The van der Waals surface area contributed by atoms with Crippen LogP contribution in [0.3, 0.4) is 0 Å². The van der Waals surface area contributed by atoms with E-state index in [0.29, 0.717) is 13.0 Å². The van der Waals surface area contributed by atoms with Crippen molar-refractivity contribution in [2.75, 3.05) is 13.2 Å². The zero-order chi connectivity index (χ0) is 13.1. The summed E-state index contributed by atoms with van der Waals surface area (Å²) in [4.78, 5) is 11.4. The summed E-state index contributed by atoms with van der Waals surface area (Å²) >= 11 is 0. The van der Waals surface area contributed by atoms with Crippen molar-refractivity contribution in [2.45, 2.75) is 46.1 Å². The molecule has 1 atom stereocenters. The number of rotatable bonds is 8. The molecule has 0 aliphatic carbocycles. The Morgan fingerprint density at radius 3 is 2.65 bits per heavy atom. The van der Waals surface area contributed by atoms with Gasteiger partial charge in [0.15, 0.2) is 0 Å². The fourth-order valence-corrected chi connectivity index (χ4v) is 1.33. The Morgan fingerprint density at radius 2 is 2.12 bits per heavy atom. The monoisotopic (exact) mass is 239 g/mol. The second-order valence-corrected chi connectivity index (χ2v) is 3.74. The Morgan fingerprint density at radius 1 is 1.41 bits per heavy atom. The maximum absolute atomic E-state index is 11.4. The molecule has 0 radical (unpaired) electrons. The largest absolute Gasteiger partial charge is 0.459 e. The molecular formula is C13H21NO3.